The average Bonchev–Trinajstić information content (AvgIpc) is 3.41. The number of hydrogen-bond donors (Lipinski definition) is 1. The van der Waals surface area contributed by atoms with Crippen molar-refractivity contribution in [2.75, 3.05) is 0 Å². The van der Waals surface area contributed by atoms with Crippen LogP contribution in [0.3, 0.4) is 0 Å². The fourth-order valence-electron chi connectivity index (χ4n) is 2.94. The Kier molecular flexibility index (Phi) is 5.08. The summed E-state index contributed by atoms with van der Waals surface area (Å²) < 4.78 is 3.85. The molecule has 28 heavy (non-hydrogen) atoms. The third kappa shape index (κ3) is 3.75. The summed E-state index contributed by atoms with van der Waals surface area (Å²) in [7, 11) is 0. The second-order valence-corrected chi connectivity index (χ2v) is 6.52. The van der Waals surface area contributed by atoms with E-state index in [4.69, 9.17) is 11.6 Å². The molecule has 0 unspecified atom stereocenters. The van der Waals surface area contributed by atoms with Gasteiger partial charge in [-0.05, 0) is 60.7 Å². The number of amides is 1. The zero-order chi connectivity index (χ0) is 19.3. The van der Waals surface area contributed by atoms with E-state index in [-0.39, 0.29) is 5.91 Å². The number of rotatable bonds is 5. The van der Waals surface area contributed by atoms with Gasteiger partial charge in [0.1, 0.15) is 0 Å². The highest BCUT2D eigenvalue weighted by atomic mass is 35.5. The Morgan fingerprint density at radius 3 is 2.43 bits per heavy atom. The molecule has 138 valence electrons. The summed E-state index contributed by atoms with van der Waals surface area (Å²) in [5.41, 5.74) is 5.74. The van der Waals surface area contributed by atoms with Crippen molar-refractivity contribution in [3.63, 3.8) is 0 Å². The van der Waals surface area contributed by atoms with Crippen LogP contribution in [-0.2, 0) is 0 Å². The van der Waals surface area contributed by atoms with E-state index in [1.54, 1.807) is 12.3 Å². The Balaban J connectivity index is 1.52. The van der Waals surface area contributed by atoms with Crippen LogP contribution in [0, 0.1) is 0 Å². The van der Waals surface area contributed by atoms with Crippen molar-refractivity contribution < 1.29 is 4.79 Å². The maximum absolute atomic E-state index is 12.6. The summed E-state index contributed by atoms with van der Waals surface area (Å²) in [6.45, 7) is 0. The molecule has 4 rings (SSSR count). The van der Waals surface area contributed by atoms with Crippen LogP contribution < -0.4 is 5.43 Å². The zero-order valence-electron chi connectivity index (χ0n) is 14.9. The first kappa shape index (κ1) is 17.8. The molecule has 2 heterocycles. The van der Waals surface area contributed by atoms with E-state index >= 15 is 0 Å². The van der Waals surface area contributed by atoms with Crippen LogP contribution in [0.2, 0.25) is 5.02 Å². The van der Waals surface area contributed by atoms with Gasteiger partial charge in [0.15, 0.2) is 0 Å². The predicted octanol–water partition coefficient (Wildman–Crippen LogP) is 4.69. The summed E-state index contributed by atoms with van der Waals surface area (Å²) in [6.07, 6.45) is 7.33. The Morgan fingerprint density at radius 2 is 1.64 bits per heavy atom. The van der Waals surface area contributed by atoms with Crippen LogP contribution in [0.15, 0.2) is 96.5 Å². The van der Waals surface area contributed by atoms with Crippen LogP contribution in [0.25, 0.3) is 11.4 Å². The third-order valence-corrected chi connectivity index (χ3v) is 4.53. The molecule has 2 aromatic heterocycles. The molecule has 1 N–H and O–H groups in total. The highest BCUT2D eigenvalue weighted by Crippen LogP contribution is 2.16. The molecule has 1 amide bonds. The van der Waals surface area contributed by atoms with Crippen molar-refractivity contribution in [1.82, 2.24) is 14.6 Å². The van der Waals surface area contributed by atoms with Crippen molar-refractivity contribution in [1.29, 1.82) is 0 Å². The minimum Gasteiger partial charge on any atom is -0.323 e. The lowest BCUT2D eigenvalue weighted by molar-refractivity contribution is 0.0955. The molecule has 6 heteroatoms. The molecule has 5 nitrogen and oxygen atoms in total. The van der Waals surface area contributed by atoms with Gasteiger partial charge >= 0.3 is 0 Å². The molecule has 0 saturated carbocycles. The van der Waals surface area contributed by atoms with Gasteiger partial charge in [-0.1, -0.05) is 23.7 Å². The minimum absolute atomic E-state index is 0.273. The van der Waals surface area contributed by atoms with Crippen molar-refractivity contribution in [3.8, 4) is 11.4 Å². The van der Waals surface area contributed by atoms with Gasteiger partial charge in [-0.2, -0.15) is 5.10 Å². The smallest absolute Gasteiger partial charge is 0.273 e. The van der Waals surface area contributed by atoms with Crippen molar-refractivity contribution >= 4 is 23.7 Å². The summed E-state index contributed by atoms with van der Waals surface area (Å²) in [4.78, 5) is 12.6. The molecule has 0 spiro atoms. The third-order valence-electron chi connectivity index (χ3n) is 4.28. The largest absolute Gasteiger partial charge is 0.323 e. The standard InChI is InChI=1S/C22H17ClN4O/c23-17-9-11-18(12-10-17)27-15-5-6-19(27)16-24-25-22(28)20-7-1-2-8-21(20)26-13-3-4-14-26/h1-16H,(H,25,28)/b24-16-. The Morgan fingerprint density at radius 1 is 0.893 bits per heavy atom. The van der Waals surface area contributed by atoms with E-state index in [0.717, 1.165) is 17.1 Å². The number of halogens is 1. The molecule has 0 atom stereocenters. The summed E-state index contributed by atoms with van der Waals surface area (Å²) >= 11 is 5.95. The van der Waals surface area contributed by atoms with Crippen LogP contribution in [0.1, 0.15) is 16.1 Å². The SMILES string of the molecule is O=C(N/N=C\c1cccn1-c1ccc(Cl)cc1)c1ccccc1-n1cccc1. The van der Waals surface area contributed by atoms with Crippen molar-refractivity contribution in [2.24, 2.45) is 5.10 Å². The van der Waals surface area contributed by atoms with Gasteiger partial charge in [0.2, 0.25) is 0 Å². The van der Waals surface area contributed by atoms with Crippen LogP contribution in [0.5, 0.6) is 0 Å². The lowest BCUT2D eigenvalue weighted by Crippen LogP contribution is -2.19. The quantitative estimate of drug-likeness (QED) is 0.391. The van der Waals surface area contributed by atoms with Gasteiger partial charge < -0.3 is 9.13 Å². The maximum atomic E-state index is 12.6. The number of nitrogens with zero attached hydrogens (tertiary/aromatic N) is 3. The number of hydrazone groups is 1. The summed E-state index contributed by atoms with van der Waals surface area (Å²) in [5, 5.41) is 4.82. The zero-order valence-corrected chi connectivity index (χ0v) is 15.6. The van der Waals surface area contributed by atoms with Gasteiger partial charge in [-0.25, -0.2) is 5.43 Å². The van der Waals surface area contributed by atoms with Gasteiger partial charge in [0.05, 0.1) is 23.2 Å². The van der Waals surface area contributed by atoms with E-state index in [0.29, 0.717) is 10.6 Å². The van der Waals surface area contributed by atoms with Crippen LogP contribution in [-0.4, -0.2) is 21.3 Å². The number of carbonyl (C=O) groups is 1. The van der Waals surface area contributed by atoms with Crippen molar-refractivity contribution in [2.45, 2.75) is 0 Å². The molecule has 0 aliphatic rings. The first-order chi connectivity index (χ1) is 13.7. The number of benzene rings is 2. The maximum Gasteiger partial charge on any atom is 0.273 e. The van der Waals surface area contributed by atoms with Gasteiger partial charge in [-0.3, -0.25) is 4.79 Å². The highest BCUT2D eigenvalue weighted by molar-refractivity contribution is 6.30. The highest BCUT2D eigenvalue weighted by Gasteiger charge is 2.11. The Labute approximate surface area is 167 Å². The number of para-hydroxylation sites is 1. The van der Waals surface area contributed by atoms with E-state index < -0.39 is 0 Å². The Bertz CT molecular complexity index is 1110. The van der Waals surface area contributed by atoms with E-state index in [9.17, 15) is 4.79 Å². The fraction of sp³-hybridized carbons (Fsp3) is 0. The fourth-order valence-corrected chi connectivity index (χ4v) is 3.07. The number of nitrogens with one attached hydrogen (secondary N) is 1. The molecular formula is C22H17ClN4O. The van der Waals surface area contributed by atoms with Crippen LogP contribution in [0.4, 0.5) is 0 Å². The van der Waals surface area contributed by atoms with Gasteiger partial charge in [0, 0.05) is 29.3 Å². The van der Waals surface area contributed by atoms with E-state index in [1.807, 2.05) is 94.5 Å². The second kappa shape index (κ2) is 7.98. The molecule has 4 aromatic rings. The Hall–Kier alpha value is -3.57. The summed E-state index contributed by atoms with van der Waals surface area (Å²) in [6, 6.07) is 22.6. The molecule has 0 fully saturated rings. The van der Waals surface area contributed by atoms with E-state index in [1.165, 1.54) is 0 Å². The topological polar surface area (TPSA) is 51.3 Å². The number of carbonyl (C=O) groups excluding carboxylic acids is 1. The van der Waals surface area contributed by atoms with Crippen molar-refractivity contribution in [3.05, 3.63) is 108 Å². The number of hydrogen-bond acceptors (Lipinski definition) is 2. The molecule has 2 aromatic carbocycles. The predicted molar refractivity (Wildman–Crippen MR) is 112 cm³/mol. The summed E-state index contributed by atoms with van der Waals surface area (Å²) in [5.74, 6) is -0.273. The molecule has 0 bridgehead atoms. The van der Waals surface area contributed by atoms with Crippen LogP contribution >= 0.6 is 11.6 Å². The molecule has 0 radical (unpaired) electrons. The van der Waals surface area contributed by atoms with Gasteiger partial charge in [-0.15, -0.1) is 0 Å². The normalized spacial score (nSPS) is 11.0. The first-order valence-corrected chi connectivity index (χ1v) is 9.09. The monoisotopic (exact) mass is 388 g/mol. The molecule has 0 saturated heterocycles. The molecule has 0 aliphatic carbocycles. The van der Waals surface area contributed by atoms with E-state index in [2.05, 4.69) is 10.5 Å². The lowest BCUT2D eigenvalue weighted by Gasteiger charge is -2.09. The molecule has 0 aliphatic heterocycles. The second-order valence-electron chi connectivity index (χ2n) is 6.09. The van der Waals surface area contributed by atoms with Gasteiger partial charge in [0.25, 0.3) is 5.91 Å². The first-order valence-electron chi connectivity index (χ1n) is 8.71. The molecular weight excluding hydrogens is 372 g/mol. The number of aromatic nitrogens is 2. The lowest BCUT2D eigenvalue weighted by atomic mass is 10.1. The average molecular weight is 389 g/mol. The minimum atomic E-state index is -0.273.